The van der Waals surface area contributed by atoms with E-state index in [1.165, 1.54) is 36.3 Å². The zero-order chi connectivity index (χ0) is 33.5. The molecule has 5 rings (SSSR count). The number of halogens is 2. The van der Waals surface area contributed by atoms with E-state index in [9.17, 15) is 19.2 Å². The lowest BCUT2D eigenvalue weighted by Crippen LogP contribution is -2.30. The number of rotatable bonds is 10. The van der Waals surface area contributed by atoms with Gasteiger partial charge in [0.05, 0.1) is 28.5 Å². The standard InChI is InChI=1S/C35H31Cl2N3O5S2/c1-20-14-15-25-28(16-20)47-34(30(25)35(44)45-2)40-29(41)19-46-24-12-7-11-23(18-24)38-33(43)27(17-22-10-6-13-26(36)31(22)37)39-32(42)21-8-4-3-5-9-21/h3-13,17-18,20H,14-16,19H2,1-2H3,(H,38,43)(H,39,42)(H,40,41)/b27-17+. The van der Waals surface area contributed by atoms with Crippen LogP contribution in [0.3, 0.4) is 0 Å². The van der Waals surface area contributed by atoms with Gasteiger partial charge < -0.3 is 20.7 Å². The molecule has 12 heteroatoms. The number of thioether (sulfide) groups is 1. The van der Waals surface area contributed by atoms with Crippen molar-refractivity contribution < 1.29 is 23.9 Å². The quantitative estimate of drug-likeness (QED) is 0.0872. The van der Waals surface area contributed by atoms with E-state index in [1.807, 2.05) is 6.07 Å². The molecular formula is C35H31Cl2N3O5S2. The van der Waals surface area contributed by atoms with Crippen molar-refractivity contribution in [3.05, 3.63) is 116 Å². The van der Waals surface area contributed by atoms with Crippen molar-refractivity contribution in [3.63, 3.8) is 0 Å². The molecule has 1 aromatic heterocycles. The van der Waals surface area contributed by atoms with E-state index in [0.717, 1.165) is 34.6 Å². The van der Waals surface area contributed by atoms with Gasteiger partial charge in [-0.3, -0.25) is 14.4 Å². The molecule has 1 heterocycles. The van der Waals surface area contributed by atoms with Crippen LogP contribution in [0, 0.1) is 5.92 Å². The fourth-order valence-corrected chi connectivity index (χ4v) is 7.59. The highest BCUT2D eigenvalue weighted by molar-refractivity contribution is 8.00. The number of carbonyl (C=O) groups is 4. The summed E-state index contributed by atoms with van der Waals surface area (Å²) in [5.41, 5.74) is 2.64. The number of fused-ring (bicyclic) bond motifs is 1. The van der Waals surface area contributed by atoms with Gasteiger partial charge in [-0.1, -0.05) is 66.5 Å². The summed E-state index contributed by atoms with van der Waals surface area (Å²) in [4.78, 5) is 53.9. The highest BCUT2D eigenvalue weighted by atomic mass is 35.5. The molecule has 0 saturated heterocycles. The minimum absolute atomic E-state index is 0.0464. The number of methoxy groups -OCH3 is 1. The monoisotopic (exact) mass is 707 g/mol. The molecule has 0 spiro atoms. The van der Waals surface area contributed by atoms with Gasteiger partial charge in [0, 0.05) is 21.0 Å². The van der Waals surface area contributed by atoms with Crippen LogP contribution in [0.1, 0.15) is 50.1 Å². The molecule has 0 saturated carbocycles. The molecule has 1 unspecified atom stereocenters. The molecule has 0 fully saturated rings. The van der Waals surface area contributed by atoms with Crippen molar-refractivity contribution in [2.45, 2.75) is 31.1 Å². The van der Waals surface area contributed by atoms with Crippen LogP contribution in [0.25, 0.3) is 6.08 Å². The second kappa shape index (κ2) is 15.7. The number of ether oxygens (including phenoxy) is 1. The molecule has 3 amide bonds. The summed E-state index contributed by atoms with van der Waals surface area (Å²) in [6.45, 7) is 2.18. The fourth-order valence-electron chi connectivity index (χ4n) is 5.06. The van der Waals surface area contributed by atoms with Crippen LogP contribution in [0.5, 0.6) is 0 Å². The first-order valence-electron chi connectivity index (χ1n) is 14.7. The molecule has 1 aliphatic carbocycles. The lowest BCUT2D eigenvalue weighted by molar-refractivity contribution is -0.114. The maximum atomic E-state index is 13.5. The van der Waals surface area contributed by atoms with Gasteiger partial charge in [-0.05, 0) is 78.8 Å². The molecule has 1 atom stereocenters. The van der Waals surface area contributed by atoms with Crippen LogP contribution < -0.4 is 16.0 Å². The largest absolute Gasteiger partial charge is 0.465 e. The maximum Gasteiger partial charge on any atom is 0.341 e. The Balaban J connectivity index is 1.28. The second-order valence-corrected chi connectivity index (χ2v) is 13.8. The highest BCUT2D eigenvalue weighted by Gasteiger charge is 2.29. The number of nitrogens with one attached hydrogen (secondary N) is 3. The summed E-state index contributed by atoms with van der Waals surface area (Å²) in [5.74, 6) is -1.20. The number of thiophene rings is 1. The third-order valence-electron chi connectivity index (χ3n) is 7.43. The van der Waals surface area contributed by atoms with Crippen LogP contribution in [0.2, 0.25) is 10.0 Å². The predicted molar refractivity (Wildman–Crippen MR) is 190 cm³/mol. The molecule has 1 aliphatic rings. The Hall–Kier alpha value is -4.09. The summed E-state index contributed by atoms with van der Waals surface area (Å²) >= 11 is 15.3. The van der Waals surface area contributed by atoms with E-state index in [4.69, 9.17) is 27.9 Å². The highest BCUT2D eigenvalue weighted by Crippen LogP contribution is 2.40. The summed E-state index contributed by atoms with van der Waals surface area (Å²) in [7, 11) is 1.34. The van der Waals surface area contributed by atoms with Crippen LogP contribution in [0.15, 0.2) is 83.4 Å². The number of hydrogen-bond donors (Lipinski definition) is 3. The Morgan fingerprint density at radius 1 is 1.00 bits per heavy atom. The number of esters is 1. The van der Waals surface area contributed by atoms with E-state index in [2.05, 4.69) is 22.9 Å². The number of carbonyl (C=O) groups excluding carboxylic acids is 4. The lowest BCUT2D eigenvalue weighted by atomic mass is 9.88. The van der Waals surface area contributed by atoms with Gasteiger partial charge in [0.25, 0.3) is 11.8 Å². The molecule has 8 nitrogen and oxygen atoms in total. The zero-order valence-electron chi connectivity index (χ0n) is 25.5. The SMILES string of the molecule is COC(=O)c1c(NC(=O)CSc2cccc(NC(=O)/C(=C\c3cccc(Cl)c3Cl)NC(=O)c3ccccc3)c2)sc2c1CCC(C)C2. The minimum atomic E-state index is -0.587. The molecular weight excluding hydrogens is 677 g/mol. The molecule has 4 aromatic rings. The predicted octanol–water partition coefficient (Wildman–Crippen LogP) is 8.11. The third-order valence-corrected chi connectivity index (χ3v) is 10.4. The third kappa shape index (κ3) is 8.64. The summed E-state index contributed by atoms with van der Waals surface area (Å²) in [6, 6.07) is 20.5. The number of benzene rings is 3. The van der Waals surface area contributed by atoms with E-state index < -0.39 is 17.8 Å². The summed E-state index contributed by atoms with van der Waals surface area (Å²) in [5, 5.41) is 9.47. The zero-order valence-corrected chi connectivity index (χ0v) is 28.7. The molecule has 3 aromatic carbocycles. The number of anilines is 2. The topological polar surface area (TPSA) is 114 Å². The van der Waals surface area contributed by atoms with Crippen LogP contribution >= 0.6 is 46.3 Å². The average Bonchev–Trinajstić information content (AvgIpc) is 3.42. The van der Waals surface area contributed by atoms with Gasteiger partial charge in [-0.15, -0.1) is 23.1 Å². The molecule has 0 aliphatic heterocycles. The van der Waals surface area contributed by atoms with E-state index in [-0.39, 0.29) is 22.4 Å². The molecule has 47 heavy (non-hydrogen) atoms. The molecule has 242 valence electrons. The van der Waals surface area contributed by atoms with Crippen molar-refractivity contribution in [2.24, 2.45) is 5.92 Å². The lowest BCUT2D eigenvalue weighted by Gasteiger charge is -2.18. The van der Waals surface area contributed by atoms with Crippen molar-refractivity contribution in [2.75, 3.05) is 23.5 Å². The first kappa shape index (κ1) is 34.3. The minimum Gasteiger partial charge on any atom is -0.465 e. The fraction of sp³-hybridized carbons (Fsp3) is 0.200. The normalized spacial score (nSPS) is 14.1. The number of hydrogen-bond acceptors (Lipinski definition) is 7. The van der Waals surface area contributed by atoms with Crippen LogP contribution in [-0.4, -0.2) is 36.6 Å². The van der Waals surface area contributed by atoms with Gasteiger partial charge in [-0.25, -0.2) is 4.79 Å². The smallest absolute Gasteiger partial charge is 0.341 e. The Labute approximate surface area is 290 Å². The summed E-state index contributed by atoms with van der Waals surface area (Å²) in [6.07, 6.45) is 4.08. The summed E-state index contributed by atoms with van der Waals surface area (Å²) < 4.78 is 5.03. The van der Waals surface area contributed by atoms with Gasteiger partial charge in [0.2, 0.25) is 5.91 Å². The molecule has 0 radical (unpaired) electrons. The van der Waals surface area contributed by atoms with Crippen molar-refractivity contribution in [1.29, 1.82) is 0 Å². The van der Waals surface area contributed by atoms with Crippen molar-refractivity contribution >= 4 is 86.8 Å². The van der Waals surface area contributed by atoms with Gasteiger partial charge in [0.15, 0.2) is 0 Å². The average molecular weight is 709 g/mol. The van der Waals surface area contributed by atoms with Crippen LogP contribution in [-0.2, 0) is 27.2 Å². The first-order valence-corrected chi connectivity index (χ1v) is 17.3. The van der Waals surface area contributed by atoms with Gasteiger partial charge in [0.1, 0.15) is 10.7 Å². The first-order chi connectivity index (χ1) is 22.6. The van der Waals surface area contributed by atoms with Crippen LogP contribution in [0.4, 0.5) is 10.7 Å². The van der Waals surface area contributed by atoms with Gasteiger partial charge in [-0.2, -0.15) is 0 Å². The Kier molecular flexibility index (Phi) is 11.4. The van der Waals surface area contributed by atoms with E-state index >= 15 is 0 Å². The molecule has 3 N–H and O–H groups in total. The van der Waals surface area contributed by atoms with Crippen molar-refractivity contribution in [1.82, 2.24) is 5.32 Å². The van der Waals surface area contributed by atoms with E-state index in [0.29, 0.717) is 38.3 Å². The second-order valence-electron chi connectivity index (χ2n) is 10.9. The van der Waals surface area contributed by atoms with Crippen molar-refractivity contribution in [3.8, 4) is 0 Å². The Bertz CT molecular complexity index is 1860. The Morgan fingerprint density at radius 3 is 2.53 bits per heavy atom. The van der Waals surface area contributed by atoms with E-state index in [1.54, 1.807) is 66.7 Å². The maximum absolute atomic E-state index is 13.5. The number of amides is 3. The Morgan fingerprint density at radius 2 is 1.77 bits per heavy atom. The molecule has 0 bridgehead atoms. The van der Waals surface area contributed by atoms with Gasteiger partial charge >= 0.3 is 5.97 Å².